The molecule has 6 nitrogen and oxygen atoms in total. The Bertz CT molecular complexity index is 900. The Morgan fingerprint density at radius 2 is 1.96 bits per heavy atom. The van der Waals surface area contributed by atoms with Crippen molar-refractivity contribution in [2.45, 2.75) is 17.9 Å². The van der Waals surface area contributed by atoms with Crippen LogP contribution >= 0.6 is 11.6 Å². The molecule has 1 fully saturated rings. The topological polar surface area (TPSA) is 75.7 Å². The van der Waals surface area contributed by atoms with Crippen molar-refractivity contribution in [2.24, 2.45) is 0 Å². The van der Waals surface area contributed by atoms with Gasteiger partial charge in [-0.1, -0.05) is 23.7 Å². The van der Waals surface area contributed by atoms with Gasteiger partial charge in [-0.25, -0.2) is 8.42 Å². The molecular weight excluding hydrogens is 376 g/mol. The molecule has 1 aliphatic rings. The fourth-order valence-corrected chi connectivity index (χ4v) is 4.44. The lowest BCUT2D eigenvalue weighted by molar-refractivity contribution is -0.114. The van der Waals surface area contributed by atoms with E-state index in [0.29, 0.717) is 17.3 Å². The Hall–Kier alpha value is -1.93. The maximum absolute atomic E-state index is 12.9. The number of nitrogens with one attached hydrogen (secondary N) is 1. The first-order valence-electron chi connectivity index (χ1n) is 8.11. The van der Waals surface area contributed by atoms with Crippen LogP contribution in [-0.4, -0.2) is 38.3 Å². The first-order valence-corrected chi connectivity index (χ1v) is 9.93. The molecular formula is C18H19ClN2O4S. The summed E-state index contributed by atoms with van der Waals surface area (Å²) in [6.07, 6.45) is -0.365. The molecule has 1 aliphatic heterocycles. The van der Waals surface area contributed by atoms with Gasteiger partial charge in [0.25, 0.3) is 0 Å². The van der Waals surface area contributed by atoms with Crippen molar-refractivity contribution in [3.63, 3.8) is 0 Å². The Labute approximate surface area is 157 Å². The summed E-state index contributed by atoms with van der Waals surface area (Å²) < 4.78 is 33.0. The van der Waals surface area contributed by atoms with Crippen molar-refractivity contribution in [1.29, 1.82) is 0 Å². The van der Waals surface area contributed by atoms with E-state index < -0.39 is 10.0 Å². The van der Waals surface area contributed by atoms with E-state index in [9.17, 15) is 13.2 Å². The van der Waals surface area contributed by atoms with Gasteiger partial charge in [0.05, 0.1) is 17.6 Å². The smallest absolute Gasteiger partial charge is 0.243 e. The Kier molecular flexibility index (Phi) is 5.62. The minimum Gasteiger partial charge on any atom is -0.371 e. The van der Waals surface area contributed by atoms with E-state index >= 15 is 0 Å². The zero-order valence-electron chi connectivity index (χ0n) is 14.2. The number of amides is 1. The lowest BCUT2D eigenvalue weighted by Gasteiger charge is -2.32. The number of benzene rings is 2. The van der Waals surface area contributed by atoms with Crippen LogP contribution in [0, 0.1) is 0 Å². The predicted molar refractivity (Wildman–Crippen MR) is 99.6 cm³/mol. The molecule has 0 aromatic heterocycles. The highest BCUT2D eigenvalue weighted by Crippen LogP contribution is 2.28. The second-order valence-corrected chi connectivity index (χ2v) is 8.36. The zero-order chi connectivity index (χ0) is 18.7. The van der Waals surface area contributed by atoms with Crippen LogP contribution in [-0.2, 0) is 19.6 Å². The molecule has 1 unspecified atom stereocenters. The third-order valence-electron chi connectivity index (χ3n) is 4.06. The van der Waals surface area contributed by atoms with E-state index in [0.717, 1.165) is 5.56 Å². The third kappa shape index (κ3) is 4.24. The summed E-state index contributed by atoms with van der Waals surface area (Å²) in [6.45, 7) is 2.21. The Morgan fingerprint density at radius 1 is 1.23 bits per heavy atom. The molecule has 0 aliphatic carbocycles. The van der Waals surface area contributed by atoms with Crippen molar-refractivity contribution >= 4 is 33.2 Å². The van der Waals surface area contributed by atoms with Crippen LogP contribution in [0.2, 0.25) is 5.02 Å². The normalized spacial score (nSPS) is 18.5. The van der Waals surface area contributed by atoms with E-state index in [4.69, 9.17) is 16.3 Å². The standard InChI is InChI=1S/C18H19ClN2O4S/c1-13(22)20-16-5-7-17(8-6-16)26(23,24)21-9-10-25-18(12-21)14-3-2-4-15(19)11-14/h2-8,11,18H,9-10,12H2,1H3,(H,20,22). The number of hydrogen-bond donors (Lipinski definition) is 1. The second-order valence-electron chi connectivity index (χ2n) is 5.98. The van der Waals surface area contributed by atoms with Gasteiger partial charge in [0.15, 0.2) is 0 Å². The Morgan fingerprint density at radius 3 is 2.62 bits per heavy atom. The fourth-order valence-electron chi connectivity index (χ4n) is 2.82. The SMILES string of the molecule is CC(=O)Nc1ccc(S(=O)(=O)N2CCOC(c3cccc(Cl)c3)C2)cc1. The highest BCUT2D eigenvalue weighted by atomic mass is 35.5. The highest BCUT2D eigenvalue weighted by molar-refractivity contribution is 7.89. The number of hydrogen-bond acceptors (Lipinski definition) is 4. The average molecular weight is 395 g/mol. The summed E-state index contributed by atoms with van der Waals surface area (Å²) in [5, 5.41) is 3.20. The zero-order valence-corrected chi connectivity index (χ0v) is 15.8. The van der Waals surface area contributed by atoms with Gasteiger partial charge >= 0.3 is 0 Å². The molecule has 26 heavy (non-hydrogen) atoms. The lowest BCUT2D eigenvalue weighted by Crippen LogP contribution is -2.42. The largest absolute Gasteiger partial charge is 0.371 e. The van der Waals surface area contributed by atoms with Crippen LogP contribution in [0.15, 0.2) is 53.4 Å². The Balaban J connectivity index is 1.79. The van der Waals surface area contributed by atoms with Crippen molar-refractivity contribution in [3.05, 3.63) is 59.1 Å². The minimum absolute atomic E-state index is 0.179. The fraction of sp³-hybridized carbons (Fsp3) is 0.278. The summed E-state index contributed by atoms with van der Waals surface area (Å²) in [5.74, 6) is -0.210. The number of carbonyl (C=O) groups excluding carboxylic acids is 1. The lowest BCUT2D eigenvalue weighted by atomic mass is 10.1. The maximum atomic E-state index is 12.9. The van der Waals surface area contributed by atoms with E-state index in [2.05, 4.69) is 5.32 Å². The van der Waals surface area contributed by atoms with E-state index in [1.807, 2.05) is 12.1 Å². The molecule has 2 aromatic rings. The van der Waals surface area contributed by atoms with Gasteiger partial charge in [0.1, 0.15) is 0 Å². The molecule has 0 saturated carbocycles. The van der Waals surface area contributed by atoms with Crippen LogP contribution in [0.25, 0.3) is 0 Å². The summed E-state index contributed by atoms with van der Waals surface area (Å²) in [4.78, 5) is 11.3. The van der Waals surface area contributed by atoms with E-state index in [-0.39, 0.29) is 30.0 Å². The summed E-state index contributed by atoms with van der Waals surface area (Å²) in [6, 6.07) is 13.4. The molecule has 1 saturated heterocycles. The molecule has 0 spiro atoms. The number of nitrogens with zero attached hydrogens (tertiary/aromatic N) is 1. The molecule has 0 radical (unpaired) electrons. The molecule has 138 valence electrons. The molecule has 0 bridgehead atoms. The number of anilines is 1. The maximum Gasteiger partial charge on any atom is 0.243 e. The molecule has 2 aromatic carbocycles. The van der Waals surface area contributed by atoms with Crippen molar-refractivity contribution in [3.8, 4) is 0 Å². The second kappa shape index (κ2) is 7.75. The minimum atomic E-state index is -3.65. The summed E-state index contributed by atoms with van der Waals surface area (Å²) in [5.41, 5.74) is 1.40. The molecule has 1 N–H and O–H groups in total. The van der Waals surface area contributed by atoms with Crippen LogP contribution in [0.5, 0.6) is 0 Å². The van der Waals surface area contributed by atoms with Crippen molar-refractivity contribution in [2.75, 3.05) is 25.0 Å². The van der Waals surface area contributed by atoms with Gasteiger partial charge < -0.3 is 10.1 Å². The van der Waals surface area contributed by atoms with E-state index in [1.165, 1.54) is 23.4 Å². The summed E-state index contributed by atoms with van der Waals surface area (Å²) in [7, 11) is -3.65. The number of halogens is 1. The number of ether oxygens (including phenoxy) is 1. The van der Waals surface area contributed by atoms with Crippen LogP contribution < -0.4 is 5.32 Å². The van der Waals surface area contributed by atoms with Crippen LogP contribution in [0.3, 0.4) is 0 Å². The number of morpholine rings is 1. The van der Waals surface area contributed by atoms with Gasteiger partial charge in [-0.3, -0.25) is 4.79 Å². The van der Waals surface area contributed by atoms with Gasteiger partial charge in [0, 0.05) is 30.7 Å². The van der Waals surface area contributed by atoms with Gasteiger partial charge in [0.2, 0.25) is 15.9 Å². The van der Waals surface area contributed by atoms with Crippen LogP contribution in [0.1, 0.15) is 18.6 Å². The number of sulfonamides is 1. The molecule has 3 rings (SSSR count). The molecule has 1 amide bonds. The molecule has 8 heteroatoms. The molecule has 1 heterocycles. The summed E-state index contributed by atoms with van der Waals surface area (Å²) >= 11 is 6.02. The van der Waals surface area contributed by atoms with Gasteiger partial charge in [-0.15, -0.1) is 0 Å². The van der Waals surface area contributed by atoms with Crippen LogP contribution in [0.4, 0.5) is 5.69 Å². The number of rotatable bonds is 4. The van der Waals surface area contributed by atoms with E-state index in [1.54, 1.807) is 24.3 Å². The average Bonchev–Trinajstić information content (AvgIpc) is 2.62. The van der Waals surface area contributed by atoms with Gasteiger partial charge in [-0.05, 0) is 42.0 Å². The highest BCUT2D eigenvalue weighted by Gasteiger charge is 2.31. The first-order chi connectivity index (χ1) is 12.4. The van der Waals surface area contributed by atoms with Crippen molar-refractivity contribution in [1.82, 2.24) is 4.31 Å². The third-order valence-corrected chi connectivity index (χ3v) is 6.18. The first kappa shape index (κ1) is 18.8. The number of carbonyl (C=O) groups is 1. The van der Waals surface area contributed by atoms with Gasteiger partial charge in [-0.2, -0.15) is 4.31 Å². The quantitative estimate of drug-likeness (QED) is 0.864. The molecule has 1 atom stereocenters. The van der Waals surface area contributed by atoms with Crippen molar-refractivity contribution < 1.29 is 17.9 Å². The monoisotopic (exact) mass is 394 g/mol. The predicted octanol–water partition coefficient (Wildman–Crippen LogP) is 3.06.